The molecule has 0 fully saturated rings. The smallest absolute Gasteiger partial charge is 0.317 e. The monoisotopic (exact) mass is 183 g/mol. The molecule has 0 spiro atoms. The van der Waals surface area contributed by atoms with Crippen molar-refractivity contribution < 1.29 is 13.2 Å². The highest BCUT2D eigenvalue weighted by Gasteiger charge is 2.25. The summed E-state index contributed by atoms with van der Waals surface area (Å²) in [6.45, 7) is 3.62. The van der Waals surface area contributed by atoms with E-state index in [1.54, 1.807) is 0 Å². The van der Waals surface area contributed by atoms with E-state index in [1.165, 1.54) is 0 Å². The van der Waals surface area contributed by atoms with Gasteiger partial charge in [0, 0.05) is 6.42 Å². The molecule has 4 heteroatoms. The third-order valence-electron chi connectivity index (χ3n) is 1.49. The molecule has 1 N–H and O–H groups in total. The Kier molecular flexibility index (Phi) is 6.16. The highest BCUT2D eigenvalue weighted by atomic mass is 19.4. The molecule has 0 rings (SSSR count). The summed E-state index contributed by atoms with van der Waals surface area (Å²) < 4.78 is 34.8. The molecular weight excluding hydrogens is 167 g/mol. The van der Waals surface area contributed by atoms with Gasteiger partial charge in [0.15, 0.2) is 0 Å². The minimum atomic E-state index is -3.98. The van der Waals surface area contributed by atoms with E-state index < -0.39 is 12.6 Å². The van der Waals surface area contributed by atoms with E-state index in [0.717, 1.165) is 13.0 Å². The van der Waals surface area contributed by atoms with E-state index >= 15 is 0 Å². The van der Waals surface area contributed by atoms with Crippen LogP contribution in [0.4, 0.5) is 13.2 Å². The molecule has 1 nitrogen and oxygen atoms in total. The summed E-state index contributed by atoms with van der Waals surface area (Å²) in [5, 5.41) is 3.05. The van der Waals surface area contributed by atoms with Crippen LogP contribution in [-0.2, 0) is 0 Å². The lowest BCUT2D eigenvalue weighted by atomic mass is 10.2. The molecule has 0 saturated carbocycles. The van der Waals surface area contributed by atoms with Gasteiger partial charge in [0.05, 0.1) is 0 Å². The summed E-state index contributed by atoms with van der Waals surface area (Å²) in [4.78, 5) is 0. The maximum Gasteiger partial charge on any atom is 0.389 e. The first-order valence-electron chi connectivity index (χ1n) is 4.33. The fraction of sp³-hybridized carbons (Fsp3) is 1.00. The van der Waals surface area contributed by atoms with E-state index in [-0.39, 0.29) is 6.42 Å². The van der Waals surface area contributed by atoms with Crippen LogP contribution in [0.25, 0.3) is 0 Å². The highest BCUT2D eigenvalue weighted by Crippen LogP contribution is 2.21. The Hall–Kier alpha value is -0.250. The van der Waals surface area contributed by atoms with Crippen molar-refractivity contribution in [2.75, 3.05) is 13.1 Å². The van der Waals surface area contributed by atoms with Crippen molar-refractivity contribution in [1.82, 2.24) is 5.32 Å². The molecule has 74 valence electrons. The molecule has 0 unspecified atom stereocenters. The first-order chi connectivity index (χ1) is 5.56. The van der Waals surface area contributed by atoms with E-state index in [9.17, 15) is 13.2 Å². The van der Waals surface area contributed by atoms with E-state index in [4.69, 9.17) is 0 Å². The molecule has 0 aromatic rings. The molecule has 0 aromatic carbocycles. The first kappa shape index (κ1) is 11.8. The van der Waals surface area contributed by atoms with Gasteiger partial charge in [-0.2, -0.15) is 13.2 Å². The molecule has 0 atom stereocenters. The van der Waals surface area contributed by atoms with Crippen molar-refractivity contribution in [3.05, 3.63) is 0 Å². The second kappa shape index (κ2) is 6.29. The maximum absolute atomic E-state index is 11.6. The molecule has 0 heterocycles. The van der Waals surface area contributed by atoms with Crippen molar-refractivity contribution in [2.45, 2.75) is 38.8 Å². The van der Waals surface area contributed by atoms with Crippen molar-refractivity contribution in [2.24, 2.45) is 0 Å². The lowest BCUT2D eigenvalue weighted by Crippen LogP contribution is -2.16. The average Bonchev–Trinajstić information content (AvgIpc) is 1.94. The lowest BCUT2D eigenvalue weighted by Gasteiger charge is -2.05. The van der Waals surface area contributed by atoms with Crippen molar-refractivity contribution in [3.8, 4) is 0 Å². The second-order valence-electron chi connectivity index (χ2n) is 2.82. The number of nitrogens with one attached hydrogen (secondary N) is 1. The fourth-order valence-electron chi connectivity index (χ4n) is 0.877. The van der Waals surface area contributed by atoms with E-state index in [2.05, 4.69) is 5.32 Å². The summed E-state index contributed by atoms with van der Waals surface area (Å²) in [6, 6.07) is 0. The van der Waals surface area contributed by atoms with E-state index in [0.29, 0.717) is 13.0 Å². The van der Waals surface area contributed by atoms with E-state index in [1.807, 2.05) is 6.92 Å². The molecule has 0 amide bonds. The van der Waals surface area contributed by atoms with Gasteiger partial charge in [0.25, 0.3) is 0 Å². The van der Waals surface area contributed by atoms with Gasteiger partial charge < -0.3 is 5.32 Å². The van der Waals surface area contributed by atoms with Crippen LogP contribution in [0.3, 0.4) is 0 Å². The van der Waals surface area contributed by atoms with Crippen LogP contribution in [0.1, 0.15) is 32.6 Å². The van der Waals surface area contributed by atoms with Crippen LogP contribution in [0.5, 0.6) is 0 Å². The Balaban J connectivity index is 3.01. The Bertz CT molecular complexity index is 101. The van der Waals surface area contributed by atoms with Gasteiger partial charge in [0.1, 0.15) is 0 Å². The molecule has 0 radical (unpaired) electrons. The maximum atomic E-state index is 11.6. The minimum Gasteiger partial charge on any atom is -0.317 e. The summed E-state index contributed by atoms with van der Waals surface area (Å²) in [7, 11) is 0. The van der Waals surface area contributed by atoms with Gasteiger partial charge in [-0.1, -0.05) is 6.92 Å². The molecule has 0 aromatic heterocycles. The Morgan fingerprint density at radius 3 is 2.25 bits per heavy atom. The normalized spacial score (nSPS) is 12.0. The third kappa shape index (κ3) is 9.75. The molecule has 0 aliphatic carbocycles. The van der Waals surface area contributed by atoms with Crippen LogP contribution in [0.15, 0.2) is 0 Å². The molecule has 0 bridgehead atoms. The molecule has 0 aliphatic heterocycles. The standard InChI is InChI=1S/C8H16F3N/c1-2-6-12-7-4-3-5-8(9,10)11/h12H,2-7H2,1H3. The molecule has 0 saturated heterocycles. The zero-order valence-electron chi connectivity index (χ0n) is 7.38. The largest absolute Gasteiger partial charge is 0.389 e. The van der Waals surface area contributed by atoms with Gasteiger partial charge in [-0.3, -0.25) is 0 Å². The summed E-state index contributed by atoms with van der Waals surface area (Å²) in [6.07, 6.45) is -2.76. The predicted molar refractivity (Wildman–Crippen MR) is 43.1 cm³/mol. The van der Waals surface area contributed by atoms with Crippen LogP contribution in [0.2, 0.25) is 0 Å². The Labute approximate surface area is 71.3 Å². The summed E-state index contributed by atoms with van der Waals surface area (Å²) >= 11 is 0. The zero-order valence-corrected chi connectivity index (χ0v) is 7.38. The number of hydrogen-bond donors (Lipinski definition) is 1. The van der Waals surface area contributed by atoms with Gasteiger partial charge >= 0.3 is 6.18 Å². The number of hydrogen-bond acceptors (Lipinski definition) is 1. The van der Waals surface area contributed by atoms with Crippen molar-refractivity contribution in [1.29, 1.82) is 0 Å². The summed E-state index contributed by atoms with van der Waals surface area (Å²) in [5.41, 5.74) is 0. The third-order valence-corrected chi connectivity index (χ3v) is 1.49. The Morgan fingerprint density at radius 1 is 1.08 bits per heavy atom. The molecule has 0 aliphatic rings. The number of unbranched alkanes of at least 4 members (excludes halogenated alkanes) is 1. The SMILES string of the molecule is CCCNCCCCC(F)(F)F. The van der Waals surface area contributed by atoms with Gasteiger partial charge in [-0.15, -0.1) is 0 Å². The molecule has 12 heavy (non-hydrogen) atoms. The van der Waals surface area contributed by atoms with Crippen LogP contribution >= 0.6 is 0 Å². The zero-order chi connectivity index (χ0) is 9.45. The van der Waals surface area contributed by atoms with Gasteiger partial charge in [0.2, 0.25) is 0 Å². The first-order valence-corrected chi connectivity index (χ1v) is 4.33. The highest BCUT2D eigenvalue weighted by molar-refractivity contribution is 4.53. The van der Waals surface area contributed by atoms with Crippen molar-refractivity contribution >= 4 is 0 Å². The Morgan fingerprint density at radius 2 is 1.75 bits per heavy atom. The topological polar surface area (TPSA) is 12.0 Å². The number of rotatable bonds is 6. The van der Waals surface area contributed by atoms with Gasteiger partial charge in [-0.25, -0.2) is 0 Å². The predicted octanol–water partition coefficient (Wildman–Crippen LogP) is 2.72. The number of alkyl halides is 3. The van der Waals surface area contributed by atoms with Crippen LogP contribution < -0.4 is 5.32 Å². The minimum absolute atomic E-state index is 0.236. The van der Waals surface area contributed by atoms with Crippen LogP contribution in [-0.4, -0.2) is 19.3 Å². The van der Waals surface area contributed by atoms with Crippen LogP contribution in [0, 0.1) is 0 Å². The second-order valence-corrected chi connectivity index (χ2v) is 2.82. The lowest BCUT2D eigenvalue weighted by molar-refractivity contribution is -0.135. The average molecular weight is 183 g/mol. The molecular formula is C8H16F3N. The fourth-order valence-corrected chi connectivity index (χ4v) is 0.877. The van der Waals surface area contributed by atoms with Crippen molar-refractivity contribution in [3.63, 3.8) is 0 Å². The quantitative estimate of drug-likeness (QED) is 0.624. The summed E-state index contributed by atoms with van der Waals surface area (Å²) in [5.74, 6) is 0. The number of halogens is 3. The van der Waals surface area contributed by atoms with Gasteiger partial charge in [-0.05, 0) is 32.4 Å².